The van der Waals surface area contributed by atoms with Crippen molar-refractivity contribution in [1.29, 1.82) is 0 Å². The van der Waals surface area contributed by atoms with Crippen molar-refractivity contribution in [2.24, 2.45) is 0 Å². The molecule has 2 amide bonds. The molecule has 0 radical (unpaired) electrons. The summed E-state index contributed by atoms with van der Waals surface area (Å²) in [7, 11) is 0. The van der Waals surface area contributed by atoms with Gasteiger partial charge < -0.3 is 5.32 Å². The van der Waals surface area contributed by atoms with Crippen LogP contribution in [0.3, 0.4) is 0 Å². The lowest BCUT2D eigenvalue weighted by Crippen LogP contribution is -2.30. The summed E-state index contributed by atoms with van der Waals surface area (Å²) in [4.78, 5) is 22.8. The van der Waals surface area contributed by atoms with Gasteiger partial charge in [-0.2, -0.15) is 0 Å². The highest BCUT2D eigenvalue weighted by Crippen LogP contribution is 2.37. The Bertz CT molecular complexity index is 767. The maximum atomic E-state index is 11.6. The molecule has 1 aliphatic carbocycles. The molecule has 2 aromatic carbocycles. The third-order valence-corrected chi connectivity index (χ3v) is 4.10. The zero-order chi connectivity index (χ0) is 14.4. The van der Waals surface area contributed by atoms with E-state index in [0.29, 0.717) is 0 Å². The van der Waals surface area contributed by atoms with E-state index in [1.54, 1.807) is 0 Å². The van der Waals surface area contributed by atoms with Crippen molar-refractivity contribution in [3.05, 3.63) is 53.6 Å². The van der Waals surface area contributed by atoms with Crippen LogP contribution in [0.2, 0.25) is 0 Å². The number of nitrogens with one attached hydrogen (secondary N) is 2. The molecule has 4 rings (SSSR count). The lowest BCUT2D eigenvalue weighted by atomic mass is 10.1. The highest BCUT2D eigenvalue weighted by Gasteiger charge is 2.30. The summed E-state index contributed by atoms with van der Waals surface area (Å²) in [6.07, 6.45) is 1.12. The lowest BCUT2D eigenvalue weighted by Gasteiger charge is -2.12. The van der Waals surface area contributed by atoms with Crippen molar-refractivity contribution in [1.82, 2.24) is 5.32 Å². The van der Waals surface area contributed by atoms with E-state index in [4.69, 9.17) is 0 Å². The van der Waals surface area contributed by atoms with E-state index in [1.165, 1.54) is 22.3 Å². The molecule has 0 saturated carbocycles. The first kappa shape index (κ1) is 12.1. The highest BCUT2D eigenvalue weighted by molar-refractivity contribution is 6.06. The Morgan fingerprint density at radius 2 is 1.81 bits per heavy atom. The Hall–Kier alpha value is -2.62. The average molecular weight is 278 g/mol. The number of anilines is 1. The fourth-order valence-corrected chi connectivity index (χ4v) is 3.11. The molecule has 4 nitrogen and oxygen atoms in total. The van der Waals surface area contributed by atoms with Crippen LogP contribution in [0, 0.1) is 0 Å². The average Bonchev–Trinajstić information content (AvgIpc) is 2.98. The molecule has 0 aromatic heterocycles. The van der Waals surface area contributed by atoms with Crippen LogP contribution in [0.15, 0.2) is 42.5 Å². The number of benzene rings is 2. The van der Waals surface area contributed by atoms with Gasteiger partial charge in [0, 0.05) is 5.69 Å². The molecule has 0 spiro atoms. The molecule has 2 N–H and O–H groups in total. The second-order valence-electron chi connectivity index (χ2n) is 5.52. The Balaban J connectivity index is 1.62. The van der Waals surface area contributed by atoms with Crippen molar-refractivity contribution < 1.29 is 9.59 Å². The van der Waals surface area contributed by atoms with Crippen LogP contribution < -0.4 is 10.6 Å². The summed E-state index contributed by atoms with van der Waals surface area (Å²) in [6, 6.07) is 14.1. The van der Waals surface area contributed by atoms with Crippen molar-refractivity contribution in [2.45, 2.75) is 18.9 Å². The van der Waals surface area contributed by atoms with E-state index < -0.39 is 6.04 Å². The minimum absolute atomic E-state index is 0.205. The number of rotatable bonds is 2. The molecule has 1 aliphatic heterocycles. The molecular weight excluding hydrogens is 264 g/mol. The zero-order valence-electron chi connectivity index (χ0n) is 11.3. The van der Waals surface area contributed by atoms with Crippen molar-refractivity contribution in [3.8, 4) is 11.1 Å². The van der Waals surface area contributed by atoms with E-state index in [2.05, 4.69) is 47.0 Å². The van der Waals surface area contributed by atoms with Gasteiger partial charge in [-0.3, -0.25) is 14.9 Å². The molecule has 1 heterocycles. The summed E-state index contributed by atoms with van der Waals surface area (Å²) < 4.78 is 0. The summed E-state index contributed by atoms with van der Waals surface area (Å²) in [5.74, 6) is -0.463. The first-order chi connectivity index (χ1) is 10.2. The SMILES string of the molecule is O=C1CC(Nc2ccc3c(c2)Cc2ccccc2-3)C(=O)N1. The standard InChI is InChI=1S/C17H14N2O2/c20-16-9-15(17(21)19-16)18-12-5-6-14-11(8-12)7-10-3-1-2-4-13(10)14/h1-6,8,15,18H,7,9H2,(H,19,20,21). The van der Waals surface area contributed by atoms with E-state index in [9.17, 15) is 9.59 Å². The first-order valence-electron chi connectivity index (χ1n) is 7.02. The van der Waals surface area contributed by atoms with E-state index in [1.807, 2.05) is 6.07 Å². The lowest BCUT2D eigenvalue weighted by molar-refractivity contribution is -0.124. The molecule has 1 unspecified atom stereocenters. The summed E-state index contributed by atoms with van der Waals surface area (Å²) >= 11 is 0. The molecule has 21 heavy (non-hydrogen) atoms. The van der Waals surface area contributed by atoms with Crippen LogP contribution in [0.4, 0.5) is 5.69 Å². The monoisotopic (exact) mass is 278 g/mol. The quantitative estimate of drug-likeness (QED) is 0.706. The second-order valence-corrected chi connectivity index (χ2v) is 5.52. The van der Waals surface area contributed by atoms with Gasteiger partial charge in [-0.1, -0.05) is 30.3 Å². The maximum Gasteiger partial charge on any atom is 0.249 e. The number of carbonyl (C=O) groups is 2. The van der Waals surface area contributed by atoms with Crippen LogP contribution in [0.1, 0.15) is 17.5 Å². The number of imide groups is 1. The summed E-state index contributed by atoms with van der Waals surface area (Å²) in [6.45, 7) is 0. The highest BCUT2D eigenvalue weighted by atomic mass is 16.2. The third kappa shape index (κ3) is 2.00. The summed E-state index contributed by atoms with van der Waals surface area (Å²) in [5, 5.41) is 5.46. The minimum Gasteiger partial charge on any atom is -0.373 e. The van der Waals surface area contributed by atoms with Gasteiger partial charge in [0.2, 0.25) is 11.8 Å². The largest absolute Gasteiger partial charge is 0.373 e. The van der Waals surface area contributed by atoms with Crippen LogP contribution in [-0.4, -0.2) is 17.9 Å². The van der Waals surface area contributed by atoms with Gasteiger partial charge in [0.1, 0.15) is 6.04 Å². The Kier molecular flexibility index (Phi) is 2.57. The van der Waals surface area contributed by atoms with Crippen LogP contribution in [0.5, 0.6) is 0 Å². The van der Waals surface area contributed by atoms with Crippen LogP contribution >= 0.6 is 0 Å². The number of hydrogen-bond donors (Lipinski definition) is 2. The number of hydrogen-bond acceptors (Lipinski definition) is 3. The molecule has 1 atom stereocenters. The maximum absolute atomic E-state index is 11.6. The van der Waals surface area contributed by atoms with Gasteiger partial charge in [0.25, 0.3) is 0 Å². The van der Waals surface area contributed by atoms with Crippen LogP contribution in [-0.2, 0) is 16.0 Å². The van der Waals surface area contributed by atoms with Crippen molar-refractivity contribution >= 4 is 17.5 Å². The van der Waals surface area contributed by atoms with Gasteiger partial charge in [0.05, 0.1) is 6.42 Å². The van der Waals surface area contributed by atoms with Crippen molar-refractivity contribution in [2.75, 3.05) is 5.32 Å². The molecule has 0 bridgehead atoms. The zero-order valence-corrected chi connectivity index (χ0v) is 11.3. The number of amides is 2. The Morgan fingerprint density at radius 1 is 1.00 bits per heavy atom. The predicted octanol–water partition coefficient (Wildman–Crippen LogP) is 2.08. The molecule has 104 valence electrons. The van der Waals surface area contributed by atoms with Gasteiger partial charge in [-0.05, 0) is 40.8 Å². The molecule has 2 aromatic rings. The smallest absolute Gasteiger partial charge is 0.249 e. The van der Waals surface area contributed by atoms with Gasteiger partial charge in [-0.25, -0.2) is 0 Å². The fourth-order valence-electron chi connectivity index (χ4n) is 3.11. The molecule has 1 saturated heterocycles. The Morgan fingerprint density at radius 3 is 2.62 bits per heavy atom. The van der Waals surface area contributed by atoms with Gasteiger partial charge in [0.15, 0.2) is 0 Å². The second kappa shape index (κ2) is 4.45. The molecule has 2 aliphatic rings. The van der Waals surface area contributed by atoms with Gasteiger partial charge in [-0.15, -0.1) is 0 Å². The minimum atomic E-state index is -0.459. The Labute approximate surface area is 122 Å². The van der Waals surface area contributed by atoms with E-state index >= 15 is 0 Å². The fraction of sp³-hybridized carbons (Fsp3) is 0.176. The molecular formula is C17H14N2O2. The van der Waals surface area contributed by atoms with E-state index in [-0.39, 0.29) is 18.2 Å². The van der Waals surface area contributed by atoms with E-state index in [0.717, 1.165) is 12.1 Å². The van der Waals surface area contributed by atoms with Crippen LogP contribution in [0.25, 0.3) is 11.1 Å². The molecule has 4 heteroatoms. The normalized spacial score (nSPS) is 19.1. The number of carbonyl (C=O) groups excluding carboxylic acids is 2. The third-order valence-electron chi connectivity index (χ3n) is 4.10. The first-order valence-corrected chi connectivity index (χ1v) is 7.02. The predicted molar refractivity (Wildman–Crippen MR) is 79.9 cm³/mol. The number of fused-ring (bicyclic) bond motifs is 3. The summed E-state index contributed by atoms with van der Waals surface area (Å²) in [5.41, 5.74) is 6.01. The topological polar surface area (TPSA) is 58.2 Å². The van der Waals surface area contributed by atoms with Gasteiger partial charge >= 0.3 is 0 Å². The van der Waals surface area contributed by atoms with Crippen molar-refractivity contribution in [3.63, 3.8) is 0 Å². The molecule has 1 fully saturated rings.